The number of carbonyl (C=O) groups is 2. The third-order valence-electron chi connectivity index (χ3n) is 4.43. The van der Waals surface area contributed by atoms with Crippen LogP contribution in [0.1, 0.15) is 52.3 Å². The van der Waals surface area contributed by atoms with Gasteiger partial charge in [0.25, 0.3) is 5.91 Å². The summed E-state index contributed by atoms with van der Waals surface area (Å²) in [5, 5.41) is 3.77. The van der Waals surface area contributed by atoms with Crippen LogP contribution in [-0.4, -0.2) is 18.5 Å². The fraction of sp³-hybridized carbons (Fsp3) is 0.273. The molecule has 5 nitrogen and oxygen atoms in total. The van der Waals surface area contributed by atoms with Gasteiger partial charge in [-0.3, -0.25) is 4.79 Å². The Labute approximate surface area is 158 Å². The van der Waals surface area contributed by atoms with Crippen LogP contribution in [0.3, 0.4) is 0 Å². The predicted octanol–water partition coefficient (Wildman–Crippen LogP) is 5.12. The number of hydrogen-bond acceptors (Lipinski definition) is 4. The third kappa shape index (κ3) is 4.03. The van der Waals surface area contributed by atoms with Gasteiger partial charge in [-0.15, -0.1) is 0 Å². The lowest BCUT2D eigenvalue weighted by molar-refractivity contribution is 0.0505. The Balaban J connectivity index is 1.76. The Morgan fingerprint density at radius 1 is 1.07 bits per heavy atom. The van der Waals surface area contributed by atoms with Crippen molar-refractivity contribution in [3.8, 4) is 0 Å². The Hall–Kier alpha value is -3.08. The summed E-state index contributed by atoms with van der Waals surface area (Å²) in [5.41, 5.74) is 3.75. The zero-order valence-corrected chi connectivity index (χ0v) is 15.8. The lowest BCUT2D eigenvalue weighted by Crippen LogP contribution is -2.12. The van der Waals surface area contributed by atoms with Crippen LogP contribution in [0.25, 0.3) is 11.0 Å². The highest BCUT2D eigenvalue weighted by Gasteiger charge is 2.18. The second-order valence-corrected chi connectivity index (χ2v) is 6.41. The molecule has 0 saturated carbocycles. The van der Waals surface area contributed by atoms with Gasteiger partial charge in [0.1, 0.15) is 5.58 Å². The van der Waals surface area contributed by atoms with Gasteiger partial charge in [-0.2, -0.15) is 0 Å². The van der Waals surface area contributed by atoms with Gasteiger partial charge in [-0.05, 0) is 61.7 Å². The number of ether oxygens (including phenoxy) is 1. The summed E-state index contributed by atoms with van der Waals surface area (Å²) in [4.78, 5) is 24.5. The van der Waals surface area contributed by atoms with Crippen LogP contribution in [-0.2, 0) is 11.2 Å². The Morgan fingerprint density at radius 2 is 1.81 bits per heavy atom. The second-order valence-electron chi connectivity index (χ2n) is 6.41. The van der Waals surface area contributed by atoms with E-state index in [2.05, 4.69) is 18.3 Å². The number of rotatable bonds is 6. The first kappa shape index (κ1) is 18.7. The predicted molar refractivity (Wildman–Crippen MR) is 105 cm³/mol. The number of hydrogen-bond donors (Lipinski definition) is 1. The van der Waals surface area contributed by atoms with Gasteiger partial charge in [0.05, 0.1) is 12.2 Å². The number of esters is 1. The highest BCUT2D eigenvalue weighted by Crippen LogP contribution is 2.27. The SMILES string of the molecule is CCCOC(=O)c1ccc(NC(=O)c2oc3ccc(CC)cc3c2C)cc1. The molecule has 0 fully saturated rings. The van der Waals surface area contributed by atoms with Crippen molar-refractivity contribution in [2.45, 2.75) is 33.6 Å². The number of fused-ring (bicyclic) bond motifs is 1. The molecule has 0 aliphatic rings. The van der Waals surface area contributed by atoms with Crippen molar-refractivity contribution >= 4 is 28.5 Å². The lowest BCUT2D eigenvalue weighted by Gasteiger charge is -2.06. The van der Waals surface area contributed by atoms with Crippen molar-refractivity contribution in [2.75, 3.05) is 11.9 Å². The summed E-state index contributed by atoms with van der Waals surface area (Å²) < 4.78 is 10.8. The highest BCUT2D eigenvalue weighted by molar-refractivity contribution is 6.06. The van der Waals surface area contributed by atoms with Gasteiger partial charge in [-0.25, -0.2) is 4.79 Å². The van der Waals surface area contributed by atoms with E-state index in [-0.39, 0.29) is 11.9 Å². The largest absolute Gasteiger partial charge is 0.462 e. The van der Waals surface area contributed by atoms with Crippen LogP contribution in [0, 0.1) is 6.92 Å². The first-order chi connectivity index (χ1) is 13.0. The van der Waals surface area contributed by atoms with Crippen LogP contribution >= 0.6 is 0 Å². The third-order valence-corrected chi connectivity index (χ3v) is 4.43. The standard InChI is InChI=1S/C22H23NO4/c1-4-12-26-22(25)16-7-9-17(10-8-16)23-21(24)20-14(3)18-13-15(5-2)6-11-19(18)27-20/h6-11,13H,4-5,12H2,1-3H3,(H,23,24). The summed E-state index contributed by atoms with van der Waals surface area (Å²) in [6, 6.07) is 12.6. The minimum Gasteiger partial charge on any atom is -0.462 e. The van der Waals surface area contributed by atoms with Crippen molar-refractivity contribution in [1.29, 1.82) is 0 Å². The van der Waals surface area contributed by atoms with Crippen molar-refractivity contribution in [3.05, 3.63) is 64.9 Å². The molecule has 3 aromatic rings. The number of amides is 1. The summed E-state index contributed by atoms with van der Waals surface area (Å²) >= 11 is 0. The fourth-order valence-corrected chi connectivity index (χ4v) is 2.86. The van der Waals surface area contributed by atoms with Crippen LogP contribution in [0.5, 0.6) is 0 Å². The number of furan rings is 1. The average molecular weight is 365 g/mol. The Morgan fingerprint density at radius 3 is 2.48 bits per heavy atom. The van der Waals surface area contributed by atoms with Crippen molar-refractivity contribution in [2.24, 2.45) is 0 Å². The number of aryl methyl sites for hydroxylation is 2. The maximum atomic E-state index is 12.6. The first-order valence-corrected chi connectivity index (χ1v) is 9.14. The quantitative estimate of drug-likeness (QED) is 0.615. The second kappa shape index (κ2) is 8.08. The number of anilines is 1. The molecule has 0 aliphatic carbocycles. The van der Waals surface area contributed by atoms with Crippen molar-refractivity contribution < 1.29 is 18.7 Å². The molecule has 0 radical (unpaired) electrons. The van der Waals surface area contributed by atoms with Gasteiger partial charge in [0.2, 0.25) is 0 Å². The Kier molecular flexibility index (Phi) is 5.60. The van der Waals surface area contributed by atoms with Crippen molar-refractivity contribution in [3.63, 3.8) is 0 Å². The van der Waals surface area contributed by atoms with Gasteiger partial charge >= 0.3 is 5.97 Å². The number of carbonyl (C=O) groups excluding carboxylic acids is 2. The molecule has 1 aromatic heterocycles. The van der Waals surface area contributed by atoms with E-state index in [4.69, 9.17) is 9.15 Å². The smallest absolute Gasteiger partial charge is 0.338 e. The number of nitrogens with one attached hydrogen (secondary N) is 1. The average Bonchev–Trinajstić information content (AvgIpc) is 3.02. The molecule has 0 aliphatic heterocycles. The molecule has 140 valence electrons. The van der Waals surface area contributed by atoms with Gasteiger partial charge in [0.15, 0.2) is 5.76 Å². The van der Waals surface area contributed by atoms with E-state index in [0.29, 0.717) is 29.2 Å². The highest BCUT2D eigenvalue weighted by atomic mass is 16.5. The van der Waals surface area contributed by atoms with Crippen molar-refractivity contribution in [1.82, 2.24) is 0 Å². The van der Waals surface area contributed by atoms with Gasteiger partial charge in [-0.1, -0.05) is 19.9 Å². The van der Waals surface area contributed by atoms with Crippen LogP contribution < -0.4 is 5.32 Å². The molecule has 27 heavy (non-hydrogen) atoms. The topological polar surface area (TPSA) is 68.5 Å². The molecular weight excluding hydrogens is 342 g/mol. The van der Waals surface area contributed by atoms with E-state index in [1.807, 2.05) is 26.0 Å². The van der Waals surface area contributed by atoms with E-state index < -0.39 is 0 Å². The molecule has 0 unspecified atom stereocenters. The molecular formula is C22H23NO4. The van der Waals surface area contributed by atoms with E-state index in [9.17, 15) is 9.59 Å². The monoisotopic (exact) mass is 365 g/mol. The molecule has 3 rings (SSSR count). The molecule has 1 N–H and O–H groups in total. The Bertz CT molecular complexity index is 970. The molecule has 2 aromatic carbocycles. The van der Waals surface area contributed by atoms with E-state index in [1.54, 1.807) is 24.3 Å². The normalized spacial score (nSPS) is 10.8. The molecule has 0 atom stereocenters. The molecule has 0 bridgehead atoms. The molecule has 0 spiro atoms. The molecule has 5 heteroatoms. The van der Waals surface area contributed by atoms with E-state index in [1.165, 1.54) is 5.56 Å². The molecule has 0 saturated heterocycles. The fourth-order valence-electron chi connectivity index (χ4n) is 2.86. The van der Waals surface area contributed by atoms with Gasteiger partial charge < -0.3 is 14.5 Å². The minimum atomic E-state index is -0.366. The summed E-state index contributed by atoms with van der Waals surface area (Å²) in [6.45, 7) is 6.30. The zero-order valence-electron chi connectivity index (χ0n) is 15.8. The van der Waals surface area contributed by atoms with E-state index in [0.717, 1.165) is 23.8 Å². The maximum Gasteiger partial charge on any atom is 0.338 e. The molecule has 1 amide bonds. The van der Waals surface area contributed by atoms with E-state index >= 15 is 0 Å². The summed E-state index contributed by atoms with van der Waals surface area (Å²) in [7, 11) is 0. The van der Waals surface area contributed by atoms with Crippen LogP contribution in [0.4, 0.5) is 5.69 Å². The first-order valence-electron chi connectivity index (χ1n) is 9.14. The van der Waals surface area contributed by atoms with Gasteiger partial charge in [0, 0.05) is 16.6 Å². The number of benzene rings is 2. The minimum absolute atomic E-state index is 0.296. The maximum absolute atomic E-state index is 12.6. The summed E-state index contributed by atoms with van der Waals surface area (Å²) in [5.74, 6) is -0.387. The van der Waals surface area contributed by atoms with Crippen LogP contribution in [0.15, 0.2) is 46.9 Å². The van der Waals surface area contributed by atoms with Crippen LogP contribution in [0.2, 0.25) is 0 Å². The zero-order chi connectivity index (χ0) is 19.4. The molecule has 1 heterocycles. The lowest BCUT2D eigenvalue weighted by atomic mass is 10.1. The summed E-state index contributed by atoms with van der Waals surface area (Å²) in [6.07, 6.45) is 1.70.